The maximum Gasteiger partial charge on any atom is 0.313 e. The molecule has 3 rings (SSSR count). The molecular weight excluding hydrogens is 322 g/mol. The van der Waals surface area contributed by atoms with Crippen molar-refractivity contribution in [3.63, 3.8) is 0 Å². The van der Waals surface area contributed by atoms with E-state index in [-0.39, 0.29) is 12.5 Å². The Hall–Kier alpha value is -2.41. The van der Waals surface area contributed by atoms with Crippen molar-refractivity contribution in [1.29, 1.82) is 0 Å². The second-order valence-electron chi connectivity index (χ2n) is 6.60. The summed E-state index contributed by atoms with van der Waals surface area (Å²) in [5.74, 6) is -1.08. The summed E-state index contributed by atoms with van der Waals surface area (Å²) in [4.78, 5) is 37.3. The van der Waals surface area contributed by atoms with Crippen molar-refractivity contribution in [2.75, 3.05) is 23.3 Å². The fourth-order valence-electron chi connectivity index (χ4n) is 2.99. The first kappa shape index (κ1) is 17.4. The Morgan fingerprint density at radius 3 is 2.76 bits per heavy atom. The molecule has 1 saturated carbocycles. The van der Waals surface area contributed by atoms with Crippen LogP contribution in [0.2, 0.25) is 0 Å². The largest absolute Gasteiger partial charge is 0.393 e. The summed E-state index contributed by atoms with van der Waals surface area (Å²) in [6, 6.07) is 6.90. The Balaban J connectivity index is 1.49. The monoisotopic (exact) mass is 345 g/mol. The Bertz CT molecular complexity index is 672. The lowest BCUT2D eigenvalue weighted by molar-refractivity contribution is -0.136. The number of hydrogen-bond donors (Lipinski definition) is 3. The molecule has 1 aliphatic heterocycles. The molecule has 1 aromatic carbocycles. The third kappa shape index (κ3) is 4.57. The fraction of sp³-hybridized carbons (Fsp3) is 0.500. The molecule has 7 nitrogen and oxygen atoms in total. The van der Waals surface area contributed by atoms with Gasteiger partial charge in [0.25, 0.3) is 0 Å². The summed E-state index contributed by atoms with van der Waals surface area (Å²) in [7, 11) is 0. The number of benzene rings is 1. The van der Waals surface area contributed by atoms with E-state index in [0.29, 0.717) is 36.7 Å². The molecule has 3 amide bonds. The highest BCUT2D eigenvalue weighted by atomic mass is 16.3. The number of amides is 3. The van der Waals surface area contributed by atoms with Gasteiger partial charge in [0.2, 0.25) is 5.91 Å². The number of nitrogens with one attached hydrogen (secondary N) is 2. The van der Waals surface area contributed by atoms with Crippen LogP contribution >= 0.6 is 0 Å². The zero-order valence-corrected chi connectivity index (χ0v) is 14.0. The predicted octanol–water partition coefficient (Wildman–Crippen LogP) is 1.03. The third-order valence-electron chi connectivity index (χ3n) is 4.59. The van der Waals surface area contributed by atoms with Crippen molar-refractivity contribution in [3.05, 3.63) is 24.3 Å². The van der Waals surface area contributed by atoms with E-state index in [0.717, 1.165) is 19.3 Å². The van der Waals surface area contributed by atoms with Gasteiger partial charge < -0.3 is 20.6 Å². The molecule has 1 atom stereocenters. The lowest BCUT2D eigenvalue weighted by Gasteiger charge is -2.16. The summed E-state index contributed by atoms with van der Waals surface area (Å²) in [5.41, 5.74) is 1.18. The first-order chi connectivity index (χ1) is 12.0. The van der Waals surface area contributed by atoms with Crippen LogP contribution in [0, 0.1) is 5.92 Å². The van der Waals surface area contributed by atoms with Crippen LogP contribution in [0.3, 0.4) is 0 Å². The van der Waals surface area contributed by atoms with Crippen molar-refractivity contribution in [2.45, 2.75) is 38.2 Å². The van der Waals surface area contributed by atoms with Crippen molar-refractivity contribution in [3.8, 4) is 0 Å². The summed E-state index contributed by atoms with van der Waals surface area (Å²) in [5, 5.41) is 14.8. The fourth-order valence-corrected chi connectivity index (χ4v) is 2.99. The third-order valence-corrected chi connectivity index (χ3v) is 4.59. The molecule has 1 aromatic rings. The summed E-state index contributed by atoms with van der Waals surface area (Å²) in [6.45, 7) is 0.937. The molecule has 0 bridgehead atoms. The number of anilines is 2. The Kier molecular flexibility index (Phi) is 5.33. The zero-order chi connectivity index (χ0) is 17.8. The van der Waals surface area contributed by atoms with E-state index in [1.54, 1.807) is 29.2 Å². The van der Waals surface area contributed by atoms with E-state index in [9.17, 15) is 19.5 Å². The van der Waals surface area contributed by atoms with E-state index in [4.69, 9.17) is 0 Å². The van der Waals surface area contributed by atoms with Crippen molar-refractivity contribution in [2.24, 2.45) is 5.92 Å². The van der Waals surface area contributed by atoms with Gasteiger partial charge in [-0.1, -0.05) is 6.07 Å². The molecule has 7 heteroatoms. The Morgan fingerprint density at radius 1 is 1.28 bits per heavy atom. The topological polar surface area (TPSA) is 98.7 Å². The molecule has 0 spiro atoms. The van der Waals surface area contributed by atoms with Crippen molar-refractivity contribution in [1.82, 2.24) is 5.32 Å². The van der Waals surface area contributed by atoms with Gasteiger partial charge in [0, 0.05) is 30.9 Å². The number of carbonyl (C=O) groups is 3. The van der Waals surface area contributed by atoms with Gasteiger partial charge in [0.05, 0.1) is 6.10 Å². The second-order valence-corrected chi connectivity index (χ2v) is 6.60. The minimum Gasteiger partial charge on any atom is -0.393 e. The molecule has 0 unspecified atom stereocenters. The normalized spacial score (nSPS) is 18.1. The highest BCUT2D eigenvalue weighted by molar-refractivity contribution is 6.39. The molecule has 2 fully saturated rings. The molecule has 25 heavy (non-hydrogen) atoms. The van der Waals surface area contributed by atoms with E-state index in [1.807, 2.05) is 0 Å². The van der Waals surface area contributed by atoms with Gasteiger partial charge in [0.1, 0.15) is 0 Å². The van der Waals surface area contributed by atoms with Gasteiger partial charge >= 0.3 is 11.8 Å². The Labute approximate surface area is 146 Å². The van der Waals surface area contributed by atoms with E-state index in [1.165, 1.54) is 0 Å². The average molecular weight is 345 g/mol. The molecule has 1 saturated heterocycles. The van der Waals surface area contributed by atoms with Gasteiger partial charge in [-0.2, -0.15) is 0 Å². The Morgan fingerprint density at radius 2 is 2.08 bits per heavy atom. The number of nitrogens with zero attached hydrogens (tertiary/aromatic N) is 1. The minimum absolute atomic E-state index is 0.0652. The van der Waals surface area contributed by atoms with Gasteiger partial charge in [0.15, 0.2) is 0 Å². The number of aliphatic hydroxyl groups excluding tert-OH is 1. The average Bonchev–Trinajstić information content (AvgIpc) is 3.36. The van der Waals surface area contributed by atoms with Crippen LogP contribution in [0.1, 0.15) is 32.1 Å². The predicted molar refractivity (Wildman–Crippen MR) is 93.0 cm³/mol. The second kappa shape index (κ2) is 7.65. The van der Waals surface area contributed by atoms with Crippen LogP contribution in [-0.2, 0) is 14.4 Å². The summed E-state index contributed by atoms with van der Waals surface area (Å²) in [6.07, 6.45) is 3.47. The number of aliphatic hydroxyl groups is 1. The number of carbonyl (C=O) groups excluding carboxylic acids is 3. The minimum atomic E-state index is -0.759. The van der Waals surface area contributed by atoms with E-state index >= 15 is 0 Å². The lowest BCUT2D eigenvalue weighted by atomic mass is 10.1. The van der Waals surface area contributed by atoms with Crippen molar-refractivity contribution >= 4 is 29.1 Å². The molecule has 0 aromatic heterocycles. The number of rotatable bonds is 6. The molecule has 1 heterocycles. The van der Waals surface area contributed by atoms with E-state index in [2.05, 4.69) is 10.6 Å². The molecule has 1 aliphatic carbocycles. The first-order valence-corrected chi connectivity index (χ1v) is 8.72. The maximum atomic E-state index is 12.0. The summed E-state index contributed by atoms with van der Waals surface area (Å²) < 4.78 is 0. The molecule has 0 radical (unpaired) electrons. The smallest absolute Gasteiger partial charge is 0.313 e. The van der Waals surface area contributed by atoms with Crippen LogP contribution in [0.25, 0.3) is 0 Å². The van der Waals surface area contributed by atoms with Gasteiger partial charge in [-0.15, -0.1) is 0 Å². The van der Waals surface area contributed by atoms with E-state index < -0.39 is 17.9 Å². The quantitative estimate of drug-likeness (QED) is 0.671. The molecular formula is C18H23N3O4. The summed E-state index contributed by atoms with van der Waals surface area (Å²) >= 11 is 0. The molecule has 3 N–H and O–H groups in total. The van der Waals surface area contributed by atoms with Crippen LogP contribution in [-0.4, -0.2) is 42.0 Å². The van der Waals surface area contributed by atoms with Gasteiger partial charge in [-0.3, -0.25) is 14.4 Å². The van der Waals surface area contributed by atoms with Crippen LogP contribution in [0.5, 0.6) is 0 Å². The molecule has 134 valence electrons. The van der Waals surface area contributed by atoms with Gasteiger partial charge in [-0.25, -0.2) is 0 Å². The highest BCUT2D eigenvalue weighted by Gasteiger charge is 2.29. The SMILES string of the molecule is O=C(NCC[C@@H](O)C1CC1)C(=O)Nc1cccc(N2CCCC2=O)c1. The first-order valence-electron chi connectivity index (χ1n) is 8.72. The lowest BCUT2D eigenvalue weighted by Crippen LogP contribution is -2.37. The molecule has 2 aliphatic rings. The van der Waals surface area contributed by atoms with Gasteiger partial charge in [-0.05, 0) is 49.8 Å². The number of hydrogen-bond acceptors (Lipinski definition) is 4. The van der Waals surface area contributed by atoms with Crippen molar-refractivity contribution < 1.29 is 19.5 Å². The van der Waals surface area contributed by atoms with Crippen LogP contribution in [0.4, 0.5) is 11.4 Å². The maximum absolute atomic E-state index is 12.0. The standard InChI is InChI=1S/C18H23N3O4/c22-15(12-6-7-12)8-9-19-17(24)18(25)20-13-3-1-4-14(11-13)21-10-2-5-16(21)23/h1,3-4,11-12,15,22H,2,5-10H2,(H,19,24)(H,20,25)/t15-/m1/s1. The van der Waals surface area contributed by atoms with Crippen LogP contribution < -0.4 is 15.5 Å². The zero-order valence-electron chi connectivity index (χ0n) is 14.0. The van der Waals surface area contributed by atoms with Crippen LogP contribution in [0.15, 0.2) is 24.3 Å². The highest BCUT2D eigenvalue weighted by Crippen LogP contribution is 2.33.